The Bertz CT molecular complexity index is 1430. The van der Waals surface area contributed by atoms with E-state index in [4.69, 9.17) is 33.0 Å². The quantitative estimate of drug-likeness (QED) is 0.404. The molecule has 14 heteroatoms. The number of hydrogen-bond acceptors (Lipinski definition) is 6. The number of pyridine rings is 1. The van der Waals surface area contributed by atoms with Crippen LogP contribution in [0.15, 0.2) is 51.9 Å². The summed E-state index contributed by atoms with van der Waals surface area (Å²) in [6.45, 7) is 0.715. The number of rotatable bonds is 4. The van der Waals surface area contributed by atoms with Gasteiger partial charge in [0.15, 0.2) is 6.10 Å². The summed E-state index contributed by atoms with van der Waals surface area (Å²) in [7, 11) is 0. The first kappa shape index (κ1) is 26.5. The molecule has 3 aromatic rings. The van der Waals surface area contributed by atoms with Crippen LogP contribution in [0.3, 0.4) is 0 Å². The minimum absolute atomic E-state index is 0.103. The molecule has 1 saturated heterocycles. The van der Waals surface area contributed by atoms with Crippen LogP contribution in [-0.4, -0.2) is 39.4 Å². The first-order valence-corrected chi connectivity index (χ1v) is 13.2. The van der Waals surface area contributed by atoms with E-state index >= 15 is 0 Å². The van der Waals surface area contributed by atoms with Crippen molar-refractivity contribution in [2.45, 2.75) is 37.5 Å². The van der Waals surface area contributed by atoms with Gasteiger partial charge in [-0.15, -0.1) is 11.3 Å². The van der Waals surface area contributed by atoms with Crippen molar-refractivity contribution < 1.29 is 22.8 Å². The Hall–Kier alpha value is -3.09. The molecule has 1 unspecified atom stereocenters. The van der Waals surface area contributed by atoms with Crippen molar-refractivity contribution >= 4 is 46.3 Å². The van der Waals surface area contributed by atoms with E-state index < -0.39 is 29.4 Å². The number of carbonyl (C=O) groups is 1. The highest BCUT2D eigenvalue weighted by Gasteiger charge is 2.32. The lowest BCUT2D eigenvalue weighted by Crippen LogP contribution is -2.45. The molecule has 0 saturated carbocycles. The maximum Gasteiger partial charge on any atom is 0.417 e. The van der Waals surface area contributed by atoms with Crippen LogP contribution in [0.4, 0.5) is 18.0 Å². The van der Waals surface area contributed by atoms with Crippen LogP contribution in [0.1, 0.15) is 53.1 Å². The van der Waals surface area contributed by atoms with Crippen molar-refractivity contribution in [1.82, 2.24) is 14.6 Å². The number of nitrogens with one attached hydrogen (secondary N) is 1. The van der Waals surface area contributed by atoms with Crippen LogP contribution in [-0.2, 0) is 11.0 Å². The Labute approximate surface area is 228 Å². The van der Waals surface area contributed by atoms with Gasteiger partial charge in [-0.3, -0.25) is 4.79 Å². The highest BCUT2D eigenvalue weighted by atomic mass is 35.5. The third kappa shape index (κ3) is 5.52. The van der Waals surface area contributed by atoms with Crippen LogP contribution in [0.2, 0.25) is 10.0 Å². The van der Waals surface area contributed by atoms with E-state index in [1.807, 2.05) is 5.38 Å². The predicted octanol–water partition coefficient (Wildman–Crippen LogP) is 6.04. The number of nitrogens with zero attached hydrogens (tertiary/aromatic N) is 4. The largest absolute Gasteiger partial charge is 0.417 e. The second kappa shape index (κ2) is 10.6. The van der Waals surface area contributed by atoms with Crippen molar-refractivity contribution in [2.24, 2.45) is 5.16 Å². The fraction of sp³-hybridized carbons (Fsp3) is 0.333. The molecule has 38 heavy (non-hydrogen) atoms. The topological polar surface area (TPSA) is 88.8 Å². The van der Waals surface area contributed by atoms with Crippen LogP contribution in [0.5, 0.6) is 0 Å². The number of piperidine rings is 1. The van der Waals surface area contributed by atoms with E-state index in [0.29, 0.717) is 76.3 Å². The van der Waals surface area contributed by atoms with Crippen LogP contribution >= 0.6 is 34.5 Å². The Morgan fingerprint density at radius 2 is 1.84 bits per heavy atom. The minimum atomic E-state index is -4.64. The molecule has 1 atom stereocenters. The summed E-state index contributed by atoms with van der Waals surface area (Å²) < 4.78 is 39.4. The Morgan fingerprint density at radius 3 is 2.53 bits per heavy atom. The molecule has 2 amide bonds. The number of likely N-dealkylation sites (tertiary alicyclic amines) is 1. The van der Waals surface area contributed by atoms with Crippen molar-refractivity contribution in [2.75, 3.05) is 18.5 Å². The SMILES string of the molecule is O=C(Nn1cc(C(F)(F)F)ccc1=O)N1CCC(c2nc(C3=NOC(c4c(Cl)cccc4Cl)C3)cs2)CC1. The van der Waals surface area contributed by atoms with Gasteiger partial charge in [-0.25, -0.2) is 19.9 Å². The molecular formula is C24H20Cl2F3N5O3S. The average Bonchev–Trinajstić information content (AvgIpc) is 3.55. The number of oxime groups is 1. The lowest BCUT2D eigenvalue weighted by atomic mass is 9.97. The molecular weight excluding hydrogens is 566 g/mol. The first-order chi connectivity index (χ1) is 18.1. The molecule has 2 aliphatic heterocycles. The van der Waals surface area contributed by atoms with Crippen LogP contribution in [0.25, 0.3) is 0 Å². The molecule has 1 aromatic carbocycles. The Morgan fingerprint density at radius 1 is 1.13 bits per heavy atom. The summed E-state index contributed by atoms with van der Waals surface area (Å²) in [5.41, 5.74) is 2.52. The number of carbonyl (C=O) groups excluding carboxylic acids is 1. The monoisotopic (exact) mass is 585 g/mol. The van der Waals surface area contributed by atoms with Gasteiger partial charge in [-0.05, 0) is 31.0 Å². The summed E-state index contributed by atoms with van der Waals surface area (Å²) in [6, 6.07) is 6.05. The number of thiazole rings is 1. The molecule has 200 valence electrons. The number of alkyl halides is 3. The summed E-state index contributed by atoms with van der Waals surface area (Å²) in [6.07, 6.45) is -2.77. The number of aromatic nitrogens is 2. The van der Waals surface area contributed by atoms with Gasteiger partial charge in [0.1, 0.15) is 5.71 Å². The number of urea groups is 1. The van der Waals surface area contributed by atoms with Gasteiger partial charge in [-0.2, -0.15) is 13.2 Å². The maximum atomic E-state index is 13.0. The zero-order chi connectivity index (χ0) is 27.0. The fourth-order valence-electron chi connectivity index (χ4n) is 4.35. The molecule has 4 heterocycles. The van der Waals surface area contributed by atoms with E-state index in [1.165, 1.54) is 16.2 Å². The third-order valence-electron chi connectivity index (χ3n) is 6.39. The van der Waals surface area contributed by atoms with Crippen molar-refractivity contribution in [3.05, 3.63) is 84.1 Å². The normalized spacial score (nSPS) is 18.3. The van der Waals surface area contributed by atoms with Crippen LogP contribution in [0, 0.1) is 0 Å². The van der Waals surface area contributed by atoms with E-state index in [0.717, 1.165) is 11.1 Å². The highest BCUT2D eigenvalue weighted by Crippen LogP contribution is 2.39. The Balaban J connectivity index is 1.18. The van der Waals surface area contributed by atoms with Gasteiger partial charge in [-0.1, -0.05) is 34.4 Å². The summed E-state index contributed by atoms with van der Waals surface area (Å²) in [5, 5.41) is 8.01. The molecule has 2 aromatic heterocycles. The second-order valence-electron chi connectivity index (χ2n) is 8.84. The number of benzene rings is 1. The zero-order valence-corrected chi connectivity index (χ0v) is 21.9. The molecule has 2 aliphatic rings. The van der Waals surface area contributed by atoms with Gasteiger partial charge < -0.3 is 9.74 Å². The van der Waals surface area contributed by atoms with Gasteiger partial charge in [0.05, 0.1) is 16.3 Å². The number of amides is 2. The van der Waals surface area contributed by atoms with E-state index in [2.05, 4.69) is 10.6 Å². The number of halogens is 5. The first-order valence-electron chi connectivity index (χ1n) is 11.6. The van der Waals surface area contributed by atoms with Gasteiger partial charge in [0, 0.05) is 58.7 Å². The van der Waals surface area contributed by atoms with Crippen molar-refractivity contribution in [3.8, 4) is 0 Å². The van der Waals surface area contributed by atoms with Gasteiger partial charge in [0.25, 0.3) is 5.56 Å². The minimum Gasteiger partial charge on any atom is -0.387 e. The second-order valence-corrected chi connectivity index (χ2v) is 10.5. The molecule has 1 N–H and O–H groups in total. The molecule has 1 fully saturated rings. The molecule has 0 spiro atoms. The van der Waals surface area contributed by atoms with E-state index in [1.54, 1.807) is 18.2 Å². The zero-order valence-electron chi connectivity index (χ0n) is 19.5. The highest BCUT2D eigenvalue weighted by molar-refractivity contribution is 7.10. The van der Waals surface area contributed by atoms with Gasteiger partial charge >= 0.3 is 12.2 Å². The van der Waals surface area contributed by atoms with E-state index in [-0.39, 0.29) is 5.92 Å². The Kier molecular flexibility index (Phi) is 7.38. The third-order valence-corrected chi connectivity index (χ3v) is 8.06. The predicted molar refractivity (Wildman–Crippen MR) is 138 cm³/mol. The van der Waals surface area contributed by atoms with Gasteiger partial charge in [0.2, 0.25) is 0 Å². The van der Waals surface area contributed by atoms with E-state index in [9.17, 15) is 22.8 Å². The standard InChI is InChI=1S/C24H20Cl2F3N5O3S/c25-15-2-1-3-16(26)21(15)19-10-17(32-37-19)18-12-38-22(30-18)13-6-8-33(9-7-13)23(36)31-34-11-14(24(27,28)29)4-5-20(34)35/h1-5,11-13,19H,6-10H2,(H,31,36). The smallest absolute Gasteiger partial charge is 0.387 e. The van der Waals surface area contributed by atoms with Crippen molar-refractivity contribution in [1.29, 1.82) is 0 Å². The molecule has 8 nitrogen and oxygen atoms in total. The number of hydrogen-bond donors (Lipinski definition) is 1. The fourth-order valence-corrected chi connectivity index (χ4v) is 6.00. The summed E-state index contributed by atoms with van der Waals surface area (Å²) >= 11 is 14.1. The van der Waals surface area contributed by atoms with Crippen LogP contribution < -0.4 is 11.0 Å². The molecule has 0 radical (unpaired) electrons. The van der Waals surface area contributed by atoms with Crippen molar-refractivity contribution in [3.63, 3.8) is 0 Å². The maximum absolute atomic E-state index is 13.0. The molecule has 0 bridgehead atoms. The lowest BCUT2D eigenvalue weighted by molar-refractivity contribution is -0.138. The molecule has 5 rings (SSSR count). The lowest BCUT2D eigenvalue weighted by Gasteiger charge is -2.31. The molecule has 0 aliphatic carbocycles. The average molecular weight is 586 g/mol. The summed E-state index contributed by atoms with van der Waals surface area (Å²) in [5.74, 6) is 0.103. The summed E-state index contributed by atoms with van der Waals surface area (Å²) in [4.78, 5) is 36.3.